The average molecular weight is 591 g/mol. The van der Waals surface area contributed by atoms with Crippen LogP contribution in [-0.2, 0) is 17.9 Å². The molecule has 0 amide bonds. The molecule has 174 valence electrons. The van der Waals surface area contributed by atoms with Crippen LogP contribution in [0.5, 0.6) is 0 Å². The molecule has 1 atom stereocenters. The van der Waals surface area contributed by atoms with E-state index in [1.807, 2.05) is 0 Å². The number of hydrogen-bond acceptors (Lipinski definition) is 0. The Labute approximate surface area is 222 Å². The van der Waals surface area contributed by atoms with E-state index in [1.165, 1.54) is 58.2 Å². The second-order valence-electron chi connectivity index (χ2n) is 10.2. The normalized spacial score (nSPS) is 16.9. The quantitative estimate of drug-likeness (QED) is 0.202. The number of hydrogen-bond donors (Lipinski definition) is 0. The van der Waals surface area contributed by atoms with Gasteiger partial charge in [-0.3, -0.25) is 0 Å². The predicted octanol–water partition coefficient (Wildman–Crippen LogP) is 6.82. The fraction of sp³-hybridized carbons (Fsp3) is 0.161. The first-order valence-electron chi connectivity index (χ1n) is 12.4. The van der Waals surface area contributed by atoms with Gasteiger partial charge >= 0.3 is 224 Å². The van der Waals surface area contributed by atoms with Crippen LogP contribution in [0.4, 0.5) is 0 Å². The van der Waals surface area contributed by atoms with Crippen molar-refractivity contribution in [3.8, 4) is 22.3 Å². The van der Waals surface area contributed by atoms with Crippen LogP contribution in [0, 0.1) is 0 Å². The van der Waals surface area contributed by atoms with Gasteiger partial charge in [0.15, 0.2) is 0 Å². The molecule has 1 aliphatic carbocycles. The third-order valence-corrected chi connectivity index (χ3v) is 22.3. The van der Waals surface area contributed by atoms with Crippen molar-refractivity contribution < 1.29 is 17.9 Å². The van der Waals surface area contributed by atoms with E-state index < -0.39 is 27.4 Å². The van der Waals surface area contributed by atoms with Crippen molar-refractivity contribution in [3.63, 3.8) is 0 Å². The third kappa shape index (κ3) is 3.80. The minimum absolute atomic E-state index is 0.121. The number of halogens is 2. The number of fused-ring (bicyclic) bond motifs is 4. The summed E-state index contributed by atoms with van der Waals surface area (Å²) in [6, 6.07) is 31.0. The maximum absolute atomic E-state index is 7.67. The molecule has 0 N–H and O–H groups in total. The first-order valence-corrected chi connectivity index (χ1v) is 22.8. The van der Waals surface area contributed by atoms with E-state index in [9.17, 15) is 0 Å². The fourth-order valence-corrected chi connectivity index (χ4v) is 23.3. The molecule has 1 unspecified atom stereocenters. The molecule has 6 rings (SSSR count). The van der Waals surface area contributed by atoms with Crippen molar-refractivity contribution in [2.24, 2.45) is 0 Å². The second kappa shape index (κ2) is 9.00. The molecule has 4 aromatic rings. The summed E-state index contributed by atoms with van der Waals surface area (Å²) in [4.78, 5) is 0. The molecule has 0 nitrogen and oxygen atoms in total. The Hall–Kier alpha value is -1.70. The van der Waals surface area contributed by atoms with Gasteiger partial charge in [-0.15, -0.1) is 0 Å². The Bertz CT molecular complexity index is 1490. The molecule has 0 radical (unpaired) electrons. The first-order chi connectivity index (χ1) is 16.9. The van der Waals surface area contributed by atoms with Gasteiger partial charge in [-0.2, -0.15) is 0 Å². The summed E-state index contributed by atoms with van der Waals surface area (Å²) < 4.78 is 1.42. The number of allylic oxidation sites excluding steroid dienone is 1. The summed E-state index contributed by atoms with van der Waals surface area (Å²) in [5, 5.41) is 3.00. The van der Waals surface area contributed by atoms with E-state index in [4.69, 9.17) is 17.0 Å². The van der Waals surface area contributed by atoms with E-state index in [2.05, 4.69) is 112 Å². The molecule has 1 heterocycles. The van der Waals surface area contributed by atoms with Crippen molar-refractivity contribution in [1.82, 2.24) is 0 Å². The Balaban J connectivity index is 1.52. The summed E-state index contributed by atoms with van der Waals surface area (Å²) in [5.74, 6) is 0.436. The van der Waals surface area contributed by atoms with Crippen LogP contribution in [-0.4, -0.2) is 9.52 Å². The minimum atomic E-state index is -3.87. The molecule has 0 saturated heterocycles. The fourth-order valence-electron chi connectivity index (χ4n) is 6.13. The van der Waals surface area contributed by atoms with Gasteiger partial charge in [0.05, 0.1) is 0 Å². The van der Waals surface area contributed by atoms with Crippen LogP contribution in [0.15, 0.2) is 90.5 Å². The van der Waals surface area contributed by atoms with Gasteiger partial charge in [0, 0.05) is 0 Å². The van der Waals surface area contributed by atoms with Gasteiger partial charge in [-0.1, -0.05) is 0 Å². The Morgan fingerprint density at radius 3 is 2.29 bits per heavy atom. The third-order valence-electron chi connectivity index (χ3n) is 7.71. The van der Waals surface area contributed by atoms with Crippen LogP contribution in [0.3, 0.4) is 0 Å². The molecule has 0 bridgehead atoms. The van der Waals surface area contributed by atoms with Crippen molar-refractivity contribution >= 4 is 46.3 Å². The van der Waals surface area contributed by atoms with Crippen molar-refractivity contribution in [3.05, 3.63) is 107 Å². The van der Waals surface area contributed by atoms with Crippen LogP contribution >= 0.6 is 17.0 Å². The number of rotatable bonds is 4. The van der Waals surface area contributed by atoms with Crippen LogP contribution in [0.1, 0.15) is 47.0 Å². The van der Waals surface area contributed by atoms with Crippen molar-refractivity contribution in [2.45, 2.75) is 30.3 Å². The Kier molecular flexibility index (Phi) is 6.09. The van der Waals surface area contributed by atoms with E-state index in [1.54, 1.807) is 0 Å². The first kappa shape index (κ1) is 23.7. The summed E-state index contributed by atoms with van der Waals surface area (Å²) in [7, 11) is 14.8. The molecule has 0 spiro atoms. The molecule has 4 heteroatoms. The zero-order chi connectivity index (χ0) is 24.3. The maximum atomic E-state index is 7.67. The Morgan fingerprint density at radius 1 is 0.800 bits per heavy atom. The average Bonchev–Trinajstić information content (AvgIpc) is 3.40. The predicted molar refractivity (Wildman–Crippen MR) is 153 cm³/mol. The van der Waals surface area contributed by atoms with Crippen LogP contribution in [0.25, 0.3) is 28.3 Å². The van der Waals surface area contributed by atoms with Crippen LogP contribution in [0.2, 0.25) is 0 Å². The summed E-state index contributed by atoms with van der Waals surface area (Å²) in [6.45, 7) is 6.79. The summed E-state index contributed by atoms with van der Waals surface area (Å²) >= 11 is -3.87. The molecule has 35 heavy (non-hydrogen) atoms. The molecular weight excluding hydrogens is 563 g/mol. The molecule has 0 saturated carbocycles. The molecule has 1 aliphatic heterocycles. The zero-order valence-corrected chi connectivity index (χ0v) is 25.7. The monoisotopic (exact) mass is 588 g/mol. The van der Waals surface area contributed by atoms with Gasteiger partial charge in [0.1, 0.15) is 0 Å². The van der Waals surface area contributed by atoms with E-state index in [-0.39, 0.29) is 3.63 Å². The topological polar surface area (TPSA) is 0 Å². The SMILES string of the molecule is CC1=Cc2c(ccc(C(C)C)c2-c2ccccc2)[CH]1[Zr]([Cl])([Cl])[c]1cccc2c1[SiH2]c1ccccc1-2. The Morgan fingerprint density at radius 2 is 1.51 bits per heavy atom. The molecule has 0 fully saturated rings. The van der Waals surface area contributed by atoms with Crippen molar-refractivity contribution in [1.29, 1.82) is 0 Å². The van der Waals surface area contributed by atoms with Crippen LogP contribution < -0.4 is 13.6 Å². The summed E-state index contributed by atoms with van der Waals surface area (Å²) in [6.07, 6.45) is 2.37. The second-order valence-corrected chi connectivity index (χ2v) is 26.0. The standard InChI is InChI=1S/C19H19.C12H9Si.2ClH.Zr/c1-13(2)17-10-9-16-11-14(3)12-18(16)19(17)15-7-5-4-6-8-15;1-3-7-11-9(5-1)10-6-2-4-8-12(10)13-11;;;/h4-13H,1-3H3;1-7H,13H2;2*1H;/q;;;;+2/p-2. The van der Waals surface area contributed by atoms with Crippen molar-refractivity contribution in [2.75, 3.05) is 0 Å². The van der Waals surface area contributed by atoms with Gasteiger partial charge < -0.3 is 0 Å². The molecule has 0 aromatic heterocycles. The van der Waals surface area contributed by atoms with E-state index in [0.29, 0.717) is 5.92 Å². The zero-order valence-electron chi connectivity index (χ0n) is 20.3. The molecule has 2 aliphatic rings. The van der Waals surface area contributed by atoms with Gasteiger partial charge in [-0.25, -0.2) is 0 Å². The molecular formula is C31H28Cl2SiZr. The van der Waals surface area contributed by atoms with E-state index >= 15 is 0 Å². The van der Waals surface area contributed by atoms with Gasteiger partial charge in [-0.05, 0) is 0 Å². The summed E-state index contributed by atoms with van der Waals surface area (Å²) in [5.41, 5.74) is 10.7. The molecule has 4 aromatic carbocycles. The van der Waals surface area contributed by atoms with E-state index in [0.717, 1.165) is 0 Å². The number of benzene rings is 4. The van der Waals surface area contributed by atoms with Gasteiger partial charge in [0.25, 0.3) is 0 Å². The van der Waals surface area contributed by atoms with Gasteiger partial charge in [0.2, 0.25) is 0 Å².